The van der Waals surface area contributed by atoms with Crippen LogP contribution in [-0.2, 0) is 19.4 Å². The molecule has 0 aliphatic carbocycles. The third kappa shape index (κ3) is 2.72. The fourth-order valence-corrected chi connectivity index (χ4v) is 3.77. The van der Waals surface area contributed by atoms with Gasteiger partial charge in [0.15, 0.2) is 0 Å². The third-order valence-electron chi connectivity index (χ3n) is 4.57. The summed E-state index contributed by atoms with van der Waals surface area (Å²) in [5.74, 6) is -0.445. The van der Waals surface area contributed by atoms with Crippen LogP contribution in [0.25, 0.3) is 11.1 Å². The van der Waals surface area contributed by atoms with Gasteiger partial charge in [-0.2, -0.15) is 0 Å². The minimum Gasteiger partial charge on any atom is -0.336 e. The number of rotatable bonds is 2. The van der Waals surface area contributed by atoms with Crippen molar-refractivity contribution in [3.05, 3.63) is 57.1 Å². The van der Waals surface area contributed by atoms with Gasteiger partial charge in [0, 0.05) is 29.3 Å². The molecule has 0 radical (unpaired) electrons. The van der Waals surface area contributed by atoms with Gasteiger partial charge < -0.3 is 9.42 Å². The minimum atomic E-state index is -0.281. The summed E-state index contributed by atoms with van der Waals surface area (Å²) in [6, 6.07) is 4.89. The lowest BCUT2D eigenvalue weighted by Gasteiger charge is -2.29. The molecule has 0 saturated carbocycles. The average molecular weight is 404 g/mol. The molecule has 0 fully saturated rings. The van der Waals surface area contributed by atoms with Gasteiger partial charge in [0.2, 0.25) is 0 Å². The Morgan fingerprint density at radius 3 is 3.04 bits per heavy atom. The van der Waals surface area contributed by atoms with Crippen molar-refractivity contribution >= 4 is 32.9 Å². The van der Waals surface area contributed by atoms with Crippen molar-refractivity contribution in [3.63, 3.8) is 0 Å². The number of aromatic nitrogens is 2. The van der Waals surface area contributed by atoms with Crippen LogP contribution in [0, 0.1) is 5.82 Å². The number of aryl methyl sites for hydroxylation is 1. The van der Waals surface area contributed by atoms with E-state index in [0.717, 1.165) is 21.1 Å². The smallest absolute Gasteiger partial charge is 0.257 e. The van der Waals surface area contributed by atoms with E-state index >= 15 is 0 Å². The van der Waals surface area contributed by atoms with Gasteiger partial charge in [0.05, 0.1) is 16.6 Å². The molecule has 0 bridgehead atoms. The molecule has 0 atom stereocenters. The van der Waals surface area contributed by atoms with Gasteiger partial charge in [-0.05, 0) is 36.6 Å². The number of nitrogens with zero attached hydrogens (tertiary/aromatic N) is 3. The van der Waals surface area contributed by atoms with Crippen LogP contribution in [0.3, 0.4) is 0 Å². The zero-order valence-corrected chi connectivity index (χ0v) is 15.1. The number of hydrogen-bond donors (Lipinski definition) is 0. The SMILES string of the molecule is CCc1noc2ncc(C(=O)N3CCc4c(Br)ccc(F)c4C3)cc12. The molecule has 7 heteroatoms. The first kappa shape index (κ1) is 16.2. The highest BCUT2D eigenvalue weighted by molar-refractivity contribution is 9.10. The number of hydrogen-bond acceptors (Lipinski definition) is 4. The molecule has 0 spiro atoms. The summed E-state index contributed by atoms with van der Waals surface area (Å²) >= 11 is 3.46. The highest BCUT2D eigenvalue weighted by Crippen LogP contribution is 2.29. The quantitative estimate of drug-likeness (QED) is 0.651. The molecule has 3 aromatic rings. The number of halogens is 2. The van der Waals surface area contributed by atoms with Gasteiger partial charge in [-0.25, -0.2) is 9.37 Å². The number of benzene rings is 1. The van der Waals surface area contributed by atoms with Crippen molar-refractivity contribution in [1.29, 1.82) is 0 Å². The summed E-state index contributed by atoms with van der Waals surface area (Å²) in [5, 5.41) is 4.71. The van der Waals surface area contributed by atoms with Crippen LogP contribution in [0.4, 0.5) is 4.39 Å². The second kappa shape index (κ2) is 6.22. The van der Waals surface area contributed by atoms with E-state index in [9.17, 15) is 9.18 Å². The Morgan fingerprint density at radius 2 is 2.24 bits per heavy atom. The molecule has 128 valence electrons. The first-order chi connectivity index (χ1) is 12.1. The highest BCUT2D eigenvalue weighted by Gasteiger charge is 2.26. The van der Waals surface area contributed by atoms with Gasteiger partial charge in [-0.3, -0.25) is 4.79 Å². The van der Waals surface area contributed by atoms with Crippen LogP contribution >= 0.6 is 15.9 Å². The maximum atomic E-state index is 14.2. The van der Waals surface area contributed by atoms with Crippen LogP contribution in [0.1, 0.15) is 34.1 Å². The lowest BCUT2D eigenvalue weighted by molar-refractivity contribution is 0.0732. The van der Waals surface area contributed by atoms with Gasteiger partial charge in [-0.1, -0.05) is 28.0 Å². The molecule has 3 heterocycles. The van der Waals surface area contributed by atoms with Crippen LogP contribution < -0.4 is 0 Å². The zero-order valence-electron chi connectivity index (χ0n) is 13.6. The van der Waals surface area contributed by atoms with Crippen LogP contribution in [-0.4, -0.2) is 27.5 Å². The Bertz CT molecular complexity index is 986. The number of amides is 1. The monoisotopic (exact) mass is 403 g/mol. The van der Waals surface area contributed by atoms with Crippen molar-refractivity contribution in [2.75, 3.05) is 6.54 Å². The average Bonchev–Trinajstić information content (AvgIpc) is 3.06. The summed E-state index contributed by atoms with van der Waals surface area (Å²) in [6.07, 6.45) is 2.80. The van der Waals surface area contributed by atoms with Gasteiger partial charge in [-0.15, -0.1) is 0 Å². The molecule has 0 N–H and O–H groups in total. The predicted octanol–water partition coefficient (Wildman–Crippen LogP) is 3.89. The predicted molar refractivity (Wildman–Crippen MR) is 93.7 cm³/mol. The van der Waals surface area contributed by atoms with E-state index in [4.69, 9.17) is 4.52 Å². The zero-order chi connectivity index (χ0) is 17.6. The summed E-state index contributed by atoms with van der Waals surface area (Å²) in [4.78, 5) is 18.7. The molecule has 1 aromatic carbocycles. The molecule has 2 aromatic heterocycles. The molecular weight excluding hydrogens is 389 g/mol. The van der Waals surface area contributed by atoms with Crippen molar-refractivity contribution in [2.24, 2.45) is 0 Å². The summed E-state index contributed by atoms with van der Waals surface area (Å²) < 4.78 is 20.2. The van der Waals surface area contributed by atoms with Crippen molar-refractivity contribution in [3.8, 4) is 0 Å². The number of pyridine rings is 1. The summed E-state index contributed by atoms with van der Waals surface area (Å²) in [5.41, 5.74) is 3.17. The summed E-state index contributed by atoms with van der Waals surface area (Å²) in [6.45, 7) is 2.76. The van der Waals surface area contributed by atoms with Crippen molar-refractivity contribution in [2.45, 2.75) is 26.3 Å². The Morgan fingerprint density at radius 1 is 1.40 bits per heavy atom. The molecule has 1 aliphatic rings. The van der Waals surface area contributed by atoms with E-state index in [2.05, 4.69) is 26.1 Å². The Kier molecular flexibility index (Phi) is 4.03. The van der Waals surface area contributed by atoms with Gasteiger partial charge >= 0.3 is 0 Å². The molecule has 4 rings (SSSR count). The molecule has 1 amide bonds. The number of carbonyl (C=O) groups excluding carboxylic acids is 1. The number of carbonyl (C=O) groups is 1. The fourth-order valence-electron chi connectivity index (χ4n) is 3.20. The third-order valence-corrected chi connectivity index (χ3v) is 5.31. The van der Waals surface area contributed by atoms with Crippen LogP contribution in [0.15, 0.2) is 33.4 Å². The van der Waals surface area contributed by atoms with E-state index < -0.39 is 0 Å². The molecular formula is C18H15BrFN3O2. The number of fused-ring (bicyclic) bond motifs is 2. The molecule has 25 heavy (non-hydrogen) atoms. The lowest BCUT2D eigenvalue weighted by Crippen LogP contribution is -2.36. The fraction of sp³-hybridized carbons (Fsp3) is 0.278. The van der Waals surface area contributed by atoms with Crippen LogP contribution in [0.2, 0.25) is 0 Å². The summed E-state index contributed by atoms with van der Waals surface area (Å²) in [7, 11) is 0. The largest absolute Gasteiger partial charge is 0.336 e. The van der Waals surface area contributed by atoms with Crippen molar-refractivity contribution < 1.29 is 13.7 Å². The van der Waals surface area contributed by atoms with E-state index in [1.54, 1.807) is 17.0 Å². The molecule has 0 saturated heterocycles. The maximum Gasteiger partial charge on any atom is 0.257 e. The van der Waals surface area contributed by atoms with E-state index in [1.807, 2.05) is 6.92 Å². The van der Waals surface area contributed by atoms with Gasteiger partial charge in [0.1, 0.15) is 5.82 Å². The normalized spacial score (nSPS) is 14.0. The second-order valence-corrected chi connectivity index (χ2v) is 6.88. The van der Waals surface area contributed by atoms with E-state index in [0.29, 0.717) is 36.2 Å². The van der Waals surface area contributed by atoms with Gasteiger partial charge in [0.25, 0.3) is 11.6 Å². The Hall–Kier alpha value is -2.28. The maximum absolute atomic E-state index is 14.2. The first-order valence-electron chi connectivity index (χ1n) is 8.07. The highest BCUT2D eigenvalue weighted by atomic mass is 79.9. The Balaban J connectivity index is 1.66. The topological polar surface area (TPSA) is 59.2 Å². The Labute approximate surface area is 151 Å². The van der Waals surface area contributed by atoms with Crippen molar-refractivity contribution in [1.82, 2.24) is 15.0 Å². The molecule has 1 aliphatic heterocycles. The molecule has 0 unspecified atom stereocenters. The van der Waals surface area contributed by atoms with Crippen LogP contribution in [0.5, 0.6) is 0 Å². The second-order valence-electron chi connectivity index (χ2n) is 6.02. The lowest BCUT2D eigenvalue weighted by atomic mass is 9.98. The standard InChI is InChI=1S/C18H15BrFN3O2/c1-2-16-12-7-10(8-21-17(12)25-22-16)18(24)23-6-5-11-13(9-23)15(20)4-3-14(11)19/h3-4,7-8H,2,5-6,9H2,1H3. The van der Waals surface area contributed by atoms with E-state index in [1.165, 1.54) is 12.3 Å². The van der Waals surface area contributed by atoms with E-state index in [-0.39, 0.29) is 18.3 Å². The first-order valence-corrected chi connectivity index (χ1v) is 8.87. The minimum absolute atomic E-state index is 0.164. The molecule has 5 nitrogen and oxygen atoms in total.